The van der Waals surface area contributed by atoms with E-state index in [0.717, 1.165) is 37.3 Å². The second-order valence-corrected chi connectivity index (χ2v) is 9.55. The standard InChI is InChI=1S/C19H19N5O3S3/c1-9-12(10(2)27-23-9)8-29-19-22-13-5-4-11(6-15(13)30-19)20-16(25)7-14-17(26)24(3)18(28)21-14/h4-6,14H,7-8H2,1-3H3,(H,20,25)(H,21,28). The SMILES string of the molecule is Cc1noc(C)c1CSc1nc2ccc(NC(=O)CC3NC(=S)N(C)C3=O)cc2s1. The first kappa shape index (κ1) is 20.8. The molecule has 2 N–H and O–H groups in total. The average molecular weight is 462 g/mol. The lowest BCUT2D eigenvalue weighted by Crippen LogP contribution is -2.33. The molecule has 3 heterocycles. The van der Waals surface area contributed by atoms with Gasteiger partial charge in [0.15, 0.2) is 9.45 Å². The van der Waals surface area contributed by atoms with Crippen LogP contribution < -0.4 is 10.6 Å². The van der Waals surface area contributed by atoms with Gasteiger partial charge in [-0.1, -0.05) is 16.9 Å². The van der Waals surface area contributed by atoms with Crippen molar-refractivity contribution in [1.82, 2.24) is 20.4 Å². The fourth-order valence-electron chi connectivity index (χ4n) is 3.06. The van der Waals surface area contributed by atoms with E-state index in [1.54, 1.807) is 30.1 Å². The Morgan fingerprint density at radius 1 is 1.43 bits per heavy atom. The maximum Gasteiger partial charge on any atom is 0.251 e. The van der Waals surface area contributed by atoms with E-state index in [0.29, 0.717) is 10.8 Å². The van der Waals surface area contributed by atoms with E-state index in [2.05, 4.69) is 20.8 Å². The van der Waals surface area contributed by atoms with E-state index in [1.165, 1.54) is 4.90 Å². The number of rotatable bonds is 6. The zero-order valence-electron chi connectivity index (χ0n) is 16.5. The van der Waals surface area contributed by atoms with Gasteiger partial charge in [0.1, 0.15) is 11.8 Å². The molecule has 156 valence electrons. The number of aryl methyl sites for hydroxylation is 2. The highest BCUT2D eigenvalue weighted by Gasteiger charge is 2.34. The van der Waals surface area contributed by atoms with Crippen molar-refractivity contribution in [2.45, 2.75) is 36.4 Å². The van der Waals surface area contributed by atoms with Crippen molar-refractivity contribution < 1.29 is 14.1 Å². The van der Waals surface area contributed by atoms with Crippen LogP contribution in [0.15, 0.2) is 27.1 Å². The topological polar surface area (TPSA) is 100 Å². The zero-order chi connectivity index (χ0) is 21.4. The number of thioether (sulfide) groups is 1. The lowest BCUT2D eigenvalue weighted by atomic mass is 10.2. The Hall–Kier alpha value is -2.50. The minimum Gasteiger partial charge on any atom is -0.361 e. The Bertz CT molecular complexity index is 1140. The van der Waals surface area contributed by atoms with E-state index >= 15 is 0 Å². The quantitative estimate of drug-likeness (QED) is 0.426. The molecular weight excluding hydrogens is 442 g/mol. The normalized spacial score (nSPS) is 16.4. The summed E-state index contributed by atoms with van der Waals surface area (Å²) < 4.78 is 7.12. The molecule has 1 aliphatic rings. The molecule has 0 spiro atoms. The highest BCUT2D eigenvalue weighted by Crippen LogP contribution is 2.34. The van der Waals surface area contributed by atoms with E-state index in [1.807, 2.05) is 32.0 Å². The van der Waals surface area contributed by atoms with Crippen molar-refractivity contribution >= 4 is 68.1 Å². The number of carbonyl (C=O) groups is 2. The maximum atomic E-state index is 12.4. The van der Waals surface area contributed by atoms with Gasteiger partial charge in [0.2, 0.25) is 5.91 Å². The van der Waals surface area contributed by atoms with Gasteiger partial charge in [-0.05, 0) is 44.3 Å². The molecule has 3 aromatic rings. The molecule has 4 rings (SSSR count). The number of aromatic nitrogens is 2. The molecule has 8 nitrogen and oxygen atoms in total. The van der Waals surface area contributed by atoms with Crippen LogP contribution >= 0.6 is 35.3 Å². The van der Waals surface area contributed by atoms with Crippen LogP contribution in [0.25, 0.3) is 10.2 Å². The minimum atomic E-state index is -0.623. The van der Waals surface area contributed by atoms with Gasteiger partial charge in [0, 0.05) is 24.1 Å². The Morgan fingerprint density at radius 2 is 2.23 bits per heavy atom. The smallest absolute Gasteiger partial charge is 0.251 e. The van der Waals surface area contributed by atoms with Crippen molar-refractivity contribution in [2.24, 2.45) is 0 Å². The summed E-state index contributed by atoms with van der Waals surface area (Å²) in [6.07, 6.45) is 0.0164. The summed E-state index contributed by atoms with van der Waals surface area (Å²) in [6, 6.07) is 4.96. The average Bonchev–Trinajstić information content (AvgIpc) is 3.32. The molecule has 1 atom stereocenters. The molecule has 0 aliphatic carbocycles. The van der Waals surface area contributed by atoms with E-state index in [-0.39, 0.29) is 18.2 Å². The number of amides is 2. The van der Waals surface area contributed by atoms with E-state index < -0.39 is 6.04 Å². The molecule has 0 bridgehead atoms. The van der Waals surface area contributed by atoms with Gasteiger partial charge in [0.25, 0.3) is 5.91 Å². The highest BCUT2D eigenvalue weighted by molar-refractivity contribution is 8.00. The Kier molecular flexibility index (Phi) is 5.76. The molecule has 2 aromatic heterocycles. The van der Waals surface area contributed by atoms with Crippen molar-refractivity contribution in [3.05, 3.63) is 35.2 Å². The summed E-state index contributed by atoms with van der Waals surface area (Å²) in [4.78, 5) is 30.4. The molecule has 1 fully saturated rings. The third-order valence-corrected chi connectivity index (χ3v) is 7.37. The number of benzene rings is 1. The Labute approximate surface area is 186 Å². The second-order valence-electron chi connectivity index (χ2n) is 6.91. The van der Waals surface area contributed by atoms with Crippen LogP contribution in [0.2, 0.25) is 0 Å². The predicted molar refractivity (Wildman–Crippen MR) is 121 cm³/mol. The van der Waals surface area contributed by atoms with E-state index in [4.69, 9.17) is 16.7 Å². The monoisotopic (exact) mass is 461 g/mol. The van der Waals surface area contributed by atoms with Gasteiger partial charge in [0.05, 0.1) is 22.3 Å². The number of carbonyl (C=O) groups excluding carboxylic acids is 2. The first-order chi connectivity index (χ1) is 14.3. The number of thiazole rings is 1. The van der Waals surface area contributed by atoms with Gasteiger partial charge < -0.3 is 15.2 Å². The minimum absolute atomic E-state index is 0.0164. The zero-order valence-corrected chi connectivity index (χ0v) is 19.0. The largest absolute Gasteiger partial charge is 0.361 e. The Balaban J connectivity index is 1.40. The third-order valence-electron chi connectivity index (χ3n) is 4.79. The number of thiocarbonyl (C=S) groups is 1. The summed E-state index contributed by atoms with van der Waals surface area (Å²) in [6.45, 7) is 3.84. The van der Waals surface area contributed by atoms with Gasteiger partial charge in [-0.3, -0.25) is 14.5 Å². The molecule has 1 aliphatic heterocycles. The fourth-order valence-corrected chi connectivity index (χ4v) is 5.56. The number of fused-ring (bicyclic) bond motifs is 1. The molecule has 11 heteroatoms. The van der Waals surface area contributed by atoms with Crippen LogP contribution in [-0.4, -0.2) is 45.1 Å². The lowest BCUT2D eigenvalue weighted by molar-refractivity contribution is -0.128. The maximum absolute atomic E-state index is 12.4. The third kappa shape index (κ3) is 4.18. The van der Waals surface area contributed by atoms with Gasteiger partial charge in [-0.15, -0.1) is 11.3 Å². The summed E-state index contributed by atoms with van der Waals surface area (Å²) in [7, 11) is 1.59. The van der Waals surface area contributed by atoms with Crippen LogP contribution in [-0.2, 0) is 15.3 Å². The first-order valence-electron chi connectivity index (χ1n) is 9.15. The molecule has 30 heavy (non-hydrogen) atoms. The summed E-state index contributed by atoms with van der Waals surface area (Å²) in [5.74, 6) is 1.11. The van der Waals surface area contributed by atoms with Crippen LogP contribution in [0, 0.1) is 13.8 Å². The summed E-state index contributed by atoms with van der Waals surface area (Å²) in [5.41, 5.74) is 3.53. The molecule has 0 saturated carbocycles. The lowest BCUT2D eigenvalue weighted by Gasteiger charge is -2.09. The second kappa shape index (κ2) is 8.32. The molecule has 0 radical (unpaired) electrons. The van der Waals surface area contributed by atoms with Crippen LogP contribution in [0.4, 0.5) is 5.69 Å². The van der Waals surface area contributed by atoms with Gasteiger partial charge >= 0.3 is 0 Å². The fraction of sp³-hybridized carbons (Fsp3) is 0.316. The number of hydrogen-bond donors (Lipinski definition) is 2. The number of hydrogen-bond acceptors (Lipinski definition) is 8. The summed E-state index contributed by atoms with van der Waals surface area (Å²) in [5, 5.41) is 10.0. The van der Waals surface area contributed by atoms with Crippen molar-refractivity contribution in [2.75, 3.05) is 12.4 Å². The highest BCUT2D eigenvalue weighted by atomic mass is 32.2. The molecule has 1 aromatic carbocycles. The van der Waals surface area contributed by atoms with Gasteiger partial charge in [-0.2, -0.15) is 0 Å². The number of likely N-dealkylation sites (N-methyl/N-ethyl adjacent to an activating group) is 1. The predicted octanol–water partition coefficient (Wildman–Crippen LogP) is 3.24. The van der Waals surface area contributed by atoms with Crippen LogP contribution in [0.5, 0.6) is 0 Å². The van der Waals surface area contributed by atoms with Crippen molar-refractivity contribution in [3.63, 3.8) is 0 Å². The Morgan fingerprint density at radius 3 is 2.90 bits per heavy atom. The number of nitrogens with zero attached hydrogens (tertiary/aromatic N) is 3. The van der Waals surface area contributed by atoms with Crippen molar-refractivity contribution in [1.29, 1.82) is 0 Å². The summed E-state index contributed by atoms with van der Waals surface area (Å²) >= 11 is 8.24. The number of anilines is 1. The van der Waals surface area contributed by atoms with E-state index in [9.17, 15) is 9.59 Å². The first-order valence-corrected chi connectivity index (χ1v) is 11.4. The molecular formula is C19H19N5O3S3. The van der Waals surface area contributed by atoms with Crippen LogP contribution in [0.1, 0.15) is 23.4 Å². The van der Waals surface area contributed by atoms with Crippen LogP contribution in [0.3, 0.4) is 0 Å². The molecule has 1 unspecified atom stereocenters. The number of nitrogens with one attached hydrogen (secondary N) is 2. The molecule has 2 amide bonds. The molecule has 1 saturated heterocycles. The van der Waals surface area contributed by atoms with Gasteiger partial charge in [-0.25, -0.2) is 4.98 Å². The van der Waals surface area contributed by atoms with Crippen molar-refractivity contribution in [3.8, 4) is 0 Å².